The van der Waals surface area contributed by atoms with Crippen molar-refractivity contribution in [2.45, 2.75) is 6.54 Å². The van der Waals surface area contributed by atoms with E-state index in [1.54, 1.807) is 12.1 Å². The molecular weight excluding hydrogens is 323 g/mol. The lowest BCUT2D eigenvalue weighted by Gasteiger charge is -2.07. The summed E-state index contributed by atoms with van der Waals surface area (Å²) in [5.41, 5.74) is 0.922. The van der Waals surface area contributed by atoms with Gasteiger partial charge in [0.15, 0.2) is 5.75 Å². The molecule has 0 aliphatic rings. The highest BCUT2D eigenvalue weighted by atomic mass is 35.5. The van der Waals surface area contributed by atoms with Crippen LogP contribution in [0.5, 0.6) is 5.75 Å². The Morgan fingerprint density at radius 2 is 1.85 bits per heavy atom. The molecule has 0 atom stereocenters. The second-order valence-corrected chi connectivity index (χ2v) is 5.19. The zero-order valence-corrected chi connectivity index (χ0v) is 12.3. The van der Waals surface area contributed by atoms with Crippen LogP contribution in [0.4, 0.5) is 0 Å². The Hall–Kier alpha value is -1.49. The molecule has 104 valence electrons. The van der Waals surface area contributed by atoms with Gasteiger partial charge in [0.25, 0.3) is 5.91 Å². The topological polar surface area (TPSA) is 62.2 Å². The molecule has 0 saturated carbocycles. The largest absolute Gasteiger partial charge is 0.505 e. The van der Waals surface area contributed by atoms with E-state index < -0.39 is 0 Å². The van der Waals surface area contributed by atoms with E-state index in [-0.39, 0.29) is 33.8 Å². The number of phenols is 1. The van der Waals surface area contributed by atoms with Gasteiger partial charge in [-0.3, -0.25) is 9.78 Å². The molecule has 4 nitrogen and oxygen atoms in total. The quantitative estimate of drug-likeness (QED) is 0.902. The van der Waals surface area contributed by atoms with Gasteiger partial charge in [0.05, 0.1) is 27.3 Å². The van der Waals surface area contributed by atoms with E-state index in [9.17, 15) is 9.90 Å². The van der Waals surface area contributed by atoms with E-state index in [0.29, 0.717) is 10.7 Å². The normalized spacial score (nSPS) is 10.3. The number of amides is 1. The van der Waals surface area contributed by atoms with E-state index >= 15 is 0 Å². The maximum atomic E-state index is 11.9. The minimum atomic E-state index is -0.370. The standard InChI is InChI=1S/C13H9Cl3N2O2/c14-8-1-2-9(17-5-8)6-18-13(20)7-3-10(15)12(19)11(16)4-7/h1-5,19H,6H2,(H,18,20). The maximum Gasteiger partial charge on any atom is 0.251 e. The van der Waals surface area contributed by atoms with Gasteiger partial charge in [-0.25, -0.2) is 0 Å². The fourth-order valence-electron chi connectivity index (χ4n) is 1.48. The third-order valence-electron chi connectivity index (χ3n) is 2.50. The molecule has 1 amide bonds. The lowest BCUT2D eigenvalue weighted by Crippen LogP contribution is -2.23. The molecule has 2 rings (SSSR count). The third-order valence-corrected chi connectivity index (χ3v) is 3.30. The molecule has 1 aromatic heterocycles. The van der Waals surface area contributed by atoms with Crippen molar-refractivity contribution in [1.29, 1.82) is 0 Å². The molecule has 0 aliphatic heterocycles. The Labute approximate surface area is 130 Å². The number of halogens is 3. The number of nitrogens with zero attached hydrogens (tertiary/aromatic N) is 1. The average Bonchev–Trinajstić information content (AvgIpc) is 2.43. The van der Waals surface area contributed by atoms with Crippen LogP contribution in [0.1, 0.15) is 16.1 Å². The van der Waals surface area contributed by atoms with Crippen LogP contribution >= 0.6 is 34.8 Å². The highest BCUT2D eigenvalue weighted by molar-refractivity contribution is 6.37. The highest BCUT2D eigenvalue weighted by Crippen LogP contribution is 2.32. The number of hydrogen-bond acceptors (Lipinski definition) is 3. The second-order valence-electron chi connectivity index (χ2n) is 3.94. The molecule has 0 radical (unpaired) electrons. The first kappa shape index (κ1) is 14.9. The van der Waals surface area contributed by atoms with Crippen LogP contribution in [-0.4, -0.2) is 16.0 Å². The van der Waals surface area contributed by atoms with E-state index in [4.69, 9.17) is 34.8 Å². The molecule has 0 saturated heterocycles. The summed E-state index contributed by atoms with van der Waals surface area (Å²) < 4.78 is 0. The summed E-state index contributed by atoms with van der Waals surface area (Å²) in [6.07, 6.45) is 1.50. The average molecular weight is 332 g/mol. The first-order valence-corrected chi connectivity index (χ1v) is 6.67. The second kappa shape index (κ2) is 6.31. The number of rotatable bonds is 3. The van der Waals surface area contributed by atoms with Crippen LogP contribution in [-0.2, 0) is 6.54 Å². The summed E-state index contributed by atoms with van der Waals surface area (Å²) in [6, 6.07) is 6.07. The van der Waals surface area contributed by atoms with Crippen molar-refractivity contribution in [2.24, 2.45) is 0 Å². The van der Waals surface area contributed by atoms with Crippen LogP contribution in [0.15, 0.2) is 30.5 Å². The Morgan fingerprint density at radius 3 is 2.40 bits per heavy atom. The molecule has 2 N–H and O–H groups in total. The number of carbonyl (C=O) groups excluding carboxylic acids is 1. The first-order chi connectivity index (χ1) is 9.47. The lowest BCUT2D eigenvalue weighted by atomic mass is 10.2. The molecule has 1 aromatic carbocycles. The molecule has 7 heteroatoms. The summed E-state index contributed by atoms with van der Waals surface area (Å²) in [7, 11) is 0. The zero-order chi connectivity index (χ0) is 14.7. The van der Waals surface area contributed by atoms with E-state index in [1.165, 1.54) is 18.3 Å². The summed E-state index contributed by atoms with van der Waals surface area (Å²) in [5.74, 6) is -0.616. The van der Waals surface area contributed by atoms with Gasteiger partial charge in [-0.15, -0.1) is 0 Å². The summed E-state index contributed by atoms with van der Waals surface area (Å²) in [5, 5.41) is 12.7. The molecular formula is C13H9Cl3N2O2. The fourth-order valence-corrected chi connectivity index (χ4v) is 2.08. The number of phenolic OH excluding ortho intramolecular Hbond substituents is 1. The molecule has 0 aliphatic carbocycles. The number of hydrogen-bond donors (Lipinski definition) is 2. The Morgan fingerprint density at radius 1 is 1.20 bits per heavy atom. The van der Waals surface area contributed by atoms with Gasteiger partial charge in [-0.2, -0.15) is 0 Å². The highest BCUT2D eigenvalue weighted by Gasteiger charge is 2.12. The van der Waals surface area contributed by atoms with Gasteiger partial charge in [-0.1, -0.05) is 34.8 Å². The number of pyridine rings is 1. The summed E-state index contributed by atoms with van der Waals surface area (Å²) in [4.78, 5) is 16.0. The monoisotopic (exact) mass is 330 g/mol. The first-order valence-electron chi connectivity index (χ1n) is 5.54. The van der Waals surface area contributed by atoms with Crippen molar-refractivity contribution in [3.8, 4) is 5.75 Å². The number of aromatic nitrogens is 1. The smallest absolute Gasteiger partial charge is 0.251 e. The predicted molar refractivity (Wildman–Crippen MR) is 78.5 cm³/mol. The Balaban J connectivity index is 2.07. The van der Waals surface area contributed by atoms with E-state index in [0.717, 1.165) is 0 Å². The van der Waals surface area contributed by atoms with Crippen molar-refractivity contribution in [3.63, 3.8) is 0 Å². The lowest BCUT2D eigenvalue weighted by molar-refractivity contribution is 0.0950. The SMILES string of the molecule is O=C(NCc1ccc(Cl)cn1)c1cc(Cl)c(O)c(Cl)c1. The summed E-state index contributed by atoms with van der Waals surface area (Å²) >= 11 is 17.2. The molecule has 0 fully saturated rings. The third kappa shape index (κ3) is 3.54. The molecule has 0 spiro atoms. The van der Waals surface area contributed by atoms with Crippen molar-refractivity contribution in [3.05, 3.63) is 56.8 Å². The van der Waals surface area contributed by atoms with Gasteiger partial charge < -0.3 is 10.4 Å². The molecule has 0 bridgehead atoms. The minimum Gasteiger partial charge on any atom is -0.505 e. The van der Waals surface area contributed by atoms with Gasteiger partial charge in [0.1, 0.15) is 0 Å². The number of nitrogens with one attached hydrogen (secondary N) is 1. The van der Waals surface area contributed by atoms with E-state index in [1.807, 2.05) is 0 Å². The van der Waals surface area contributed by atoms with Gasteiger partial charge >= 0.3 is 0 Å². The van der Waals surface area contributed by atoms with Gasteiger partial charge in [-0.05, 0) is 24.3 Å². The van der Waals surface area contributed by atoms with Crippen molar-refractivity contribution < 1.29 is 9.90 Å². The maximum absolute atomic E-state index is 11.9. The van der Waals surface area contributed by atoms with Crippen molar-refractivity contribution in [1.82, 2.24) is 10.3 Å². The molecule has 2 aromatic rings. The van der Waals surface area contributed by atoms with Crippen LogP contribution in [0.25, 0.3) is 0 Å². The van der Waals surface area contributed by atoms with Crippen LogP contribution < -0.4 is 5.32 Å². The number of aromatic hydroxyl groups is 1. The fraction of sp³-hybridized carbons (Fsp3) is 0.0769. The van der Waals surface area contributed by atoms with Gasteiger partial charge in [0, 0.05) is 11.8 Å². The Bertz CT molecular complexity index is 622. The predicted octanol–water partition coefficient (Wildman–Crippen LogP) is 3.68. The number of benzene rings is 1. The summed E-state index contributed by atoms with van der Waals surface area (Å²) in [6.45, 7) is 0.242. The van der Waals surface area contributed by atoms with Crippen LogP contribution in [0.3, 0.4) is 0 Å². The number of carbonyl (C=O) groups is 1. The molecule has 20 heavy (non-hydrogen) atoms. The molecule has 1 heterocycles. The van der Waals surface area contributed by atoms with Crippen LogP contribution in [0.2, 0.25) is 15.1 Å². The molecule has 0 unspecified atom stereocenters. The minimum absolute atomic E-state index is 0.0206. The Kier molecular flexibility index (Phi) is 4.70. The van der Waals surface area contributed by atoms with Gasteiger partial charge in [0.2, 0.25) is 0 Å². The van der Waals surface area contributed by atoms with E-state index in [2.05, 4.69) is 10.3 Å². The van der Waals surface area contributed by atoms with Crippen molar-refractivity contribution in [2.75, 3.05) is 0 Å². The van der Waals surface area contributed by atoms with Crippen LogP contribution in [0, 0.1) is 0 Å². The van der Waals surface area contributed by atoms with Crippen molar-refractivity contribution >= 4 is 40.7 Å². The zero-order valence-electron chi connectivity index (χ0n) is 10.0.